The second kappa shape index (κ2) is 8.82. The van der Waals surface area contributed by atoms with Crippen molar-refractivity contribution in [3.63, 3.8) is 0 Å². The van der Waals surface area contributed by atoms with Crippen molar-refractivity contribution in [3.05, 3.63) is 89.1 Å². The molecule has 0 fully saturated rings. The first-order chi connectivity index (χ1) is 15.8. The third kappa shape index (κ3) is 4.20. The molecule has 0 radical (unpaired) electrons. The van der Waals surface area contributed by atoms with Crippen LogP contribution in [0.1, 0.15) is 16.7 Å². The van der Waals surface area contributed by atoms with Crippen LogP contribution >= 0.6 is 0 Å². The van der Waals surface area contributed by atoms with Gasteiger partial charge in [0, 0.05) is 25.5 Å². The molecule has 0 spiro atoms. The molecule has 0 aromatic heterocycles. The van der Waals surface area contributed by atoms with Crippen LogP contribution in [0.2, 0.25) is 0 Å². The summed E-state index contributed by atoms with van der Waals surface area (Å²) < 4.78 is 5.22. The number of hydrogen-bond acceptors (Lipinski definition) is 5. The molecule has 4 rings (SSSR count). The Morgan fingerprint density at radius 1 is 0.818 bits per heavy atom. The highest BCUT2D eigenvalue weighted by Gasteiger charge is 2.40. The van der Waals surface area contributed by atoms with E-state index in [9.17, 15) is 9.59 Å². The Hall–Kier alpha value is -4.06. The first kappa shape index (κ1) is 22.1. The van der Waals surface area contributed by atoms with Crippen LogP contribution in [-0.2, 0) is 9.59 Å². The van der Waals surface area contributed by atoms with Crippen LogP contribution in [0.25, 0.3) is 5.57 Å². The van der Waals surface area contributed by atoms with Crippen molar-refractivity contribution < 1.29 is 14.3 Å². The first-order valence-electron chi connectivity index (χ1n) is 10.7. The number of methoxy groups -OCH3 is 1. The van der Waals surface area contributed by atoms with E-state index in [2.05, 4.69) is 5.32 Å². The van der Waals surface area contributed by atoms with E-state index in [0.29, 0.717) is 28.3 Å². The molecule has 1 heterocycles. The first-order valence-corrected chi connectivity index (χ1v) is 10.7. The maximum atomic E-state index is 13.6. The molecule has 6 heteroatoms. The lowest BCUT2D eigenvalue weighted by Crippen LogP contribution is -2.32. The molecule has 3 aromatic rings. The number of benzene rings is 3. The molecular formula is C27H27N3O3. The zero-order chi connectivity index (χ0) is 23.7. The summed E-state index contributed by atoms with van der Waals surface area (Å²) in [6, 6.07) is 20.4. The monoisotopic (exact) mass is 441 g/mol. The molecule has 0 bridgehead atoms. The molecule has 3 aromatic carbocycles. The van der Waals surface area contributed by atoms with Crippen molar-refractivity contribution in [2.24, 2.45) is 0 Å². The van der Waals surface area contributed by atoms with Gasteiger partial charge in [0.25, 0.3) is 11.8 Å². The molecule has 0 aliphatic carbocycles. The number of anilines is 3. The summed E-state index contributed by atoms with van der Waals surface area (Å²) in [5.74, 6) is -0.0288. The van der Waals surface area contributed by atoms with Gasteiger partial charge < -0.3 is 15.0 Å². The van der Waals surface area contributed by atoms with E-state index in [0.717, 1.165) is 16.8 Å². The van der Waals surface area contributed by atoms with Crippen LogP contribution in [0.15, 0.2) is 72.4 Å². The van der Waals surface area contributed by atoms with Crippen LogP contribution in [0.3, 0.4) is 0 Å². The topological polar surface area (TPSA) is 61.9 Å². The third-order valence-corrected chi connectivity index (χ3v) is 5.86. The molecule has 1 N–H and O–H groups in total. The number of hydrogen-bond donors (Lipinski definition) is 1. The quantitative estimate of drug-likeness (QED) is 0.558. The van der Waals surface area contributed by atoms with E-state index in [4.69, 9.17) is 4.74 Å². The number of nitrogens with one attached hydrogen (secondary N) is 1. The van der Waals surface area contributed by atoms with Gasteiger partial charge in [-0.3, -0.25) is 9.59 Å². The van der Waals surface area contributed by atoms with Gasteiger partial charge in [-0.15, -0.1) is 0 Å². The predicted octanol–water partition coefficient (Wildman–Crippen LogP) is 4.77. The molecule has 2 amide bonds. The average molecular weight is 442 g/mol. The number of amides is 2. The molecule has 1 aliphatic rings. The highest BCUT2D eigenvalue weighted by molar-refractivity contribution is 6.46. The number of rotatable bonds is 6. The lowest BCUT2D eigenvalue weighted by Gasteiger charge is -2.18. The van der Waals surface area contributed by atoms with Crippen LogP contribution in [0.4, 0.5) is 17.1 Å². The summed E-state index contributed by atoms with van der Waals surface area (Å²) in [6.07, 6.45) is 0. The Morgan fingerprint density at radius 2 is 1.48 bits per heavy atom. The van der Waals surface area contributed by atoms with Gasteiger partial charge in [0.1, 0.15) is 11.4 Å². The highest BCUT2D eigenvalue weighted by Crippen LogP contribution is 2.35. The van der Waals surface area contributed by atoms with Gasteiger partial charge in [0.05, 0.1) is 18.4 Å². The average Bonchev–Trinajstić information content (AvgIpc) is 3.05. The molecule has 0 unspecified atom stereocenters. The maximum absolute atomic E-state index is 13.6. The third-order valence-electron chi connectivity index (χ3n) is 5.86. The standard InChI is InChI=1S/C27H27N3O3/c1-17-6-7-19(16-18(17)2)24-25(28-20-8-14-23(33-5)15-9-20)27(32)30(26(24)31)22-12-10-21(11-13-22)29(3)4/h6-16,28H,1-5H3. The van der Waals surface area contributed by atoms with Crippen LogP contribution in [0, 0.1) is 13.8 Å². The Labute approximate surface area is 194 Å². The fourth-order valence-corrected chi connectivity index (χ4v) is 3.76. The predicted molar refractivity (Wildman–Crippen MR) is 133 cm³/mol. The number of nitrogens with zero attached hydrogens (tertiary/aromatic N) is 2. The number of carbonyl (C=O) groups excluding carboxylic acids is 2. The smallest absolute Gasteiger partial charge is 0.282 e. The lowest BCUT2D eigenvalue weighted by molar-refractivity contribution is -0.120. The summed E-state index contributed by atoms with van der Waals surface area (Å²) in [5.41, 5.74) is 5.70. The van der Waals surface area contributed by atoms with Crippen molar-refractivity contribution in [2.45, 2.75) is 13.8 Å². The van der Waals surface area contributed by atoms with Crippen molar-refractivity contribution >= 4 is 34.4 Å². The molecule has 0 saturated carbocycles. The van der Waals surface area contributed by atoms with Gasteiger partial charge in [-0.25, -0.2) is 4.90 Å². The van der Waals surface area contributed by atoms with Crippen LogP contribution < -0.4 is 19.9 Å². The van der Waals surface area contributed by atoms with Crippen molar-refractivity contribution in [1.29, 1.82) is 0 Å². The van der Waals surface area contributed by atoms with E-state index < -0.39 is 0 Å². The highest BCUT2D eigenvalue weighted by atomic mass is 16.5. The summed E-state index contributed by atoms with van der Waals surface area (Å²) in [4.78, 5) is 30.4. The summed E-state index contributed by atoms with van der Waals surface area (Å²) >= 11 is 0. The van der Waals surface area contributed by atoms with E-state index in [1.54, 1.807) is 31.4 Å². The normalized spacial score (nSPS) is 13.5. The summed E-state index contributed by atoms with van der Waals surface area (Å²) in [5, 5.41) is 3.19. The Bertz CT molecular complexity index is 1240. The van der Waals surface area contributed by atoms with Crippen LogP contribution in [0.5, 0.6) is 5.75 Å². The Kier molecular flexibility index (Phi) is 5.92. The van der Waals surface area contributed by atoms with E-state index in [-0.39, 0.29) is 17.5 Å². The number of ether oxygens (including phenoxy) is 1. The molecule has 6 nitrogen and oxygen atoms in total. The van der Waals surface area contributed by atoms with Gasteiger partial charge in [0.2, 0.25) is 0 Å². The van der Waals surface area contributed by atoms with Gasteiger partial charge in [-0.05, 0) is 79.1 Å². The molecular weight excluding hydrogens is 414 g/mol. The Morgan fingerprint density at radius 3 is 2.06 bits per heavy atom. The van der Waals surface area contributed by atoms with Gasteiger partial charge in [0.15, 0.2) is 0 Å². The zero-order valence-electron chi connectivity index (χ0n) is 19.5. The molecule has 1 aliphatic heterocycles. The summed E-state index contributed by atoms with van der Waals surface area (Å²) in [7, 11) is 5.48. The van der Waals surface area contributed by atoms with Crippen molar-refractivity contribution in [1.82, 2.24) is 0 Å². The Balaban J connectivity index is 1.78. The number of imide groups is 1. The minimum absolute atomic E-state index is 0.255. The van der Waals surface area contributed by atoms with Crippen LogP contribution in [-0.4, -0.2) is 33.0 Å². The molecule has 168 valence electrons. The fraction of sp³-hybridized carbons (Fsp3) is 0.185. The second-order valence-electron chi connectivity index (χ2n) is 8.26. The van der Waals surface area contributed by atoms with Gasteiger partial charge in [-0.2, -0.15) is 0 Å². The lowest BCUT2D eigenvalue weighted by atomic mass is 9.99. The molecule has 0 saturated heterocycles. The largest absolute Gasteiger partial charge is 0.497 e. The number of carbonyl (C=O) groups is 2. The number of aryl methyl sites for hydroxylation is 2. The molecule has 0 atom stereocenters. The molecule has 33 heavy (non-hydrogen) atoms. The SMILES string of the molecule is COc1ccc(NC2=C(c3ccc(C)c(C)c3)C(=O)N(c3ccc(N(C)C)cc3)C2=O)cc1. The minimum Gasteiger partial charge on any atom is -0.497 e. The van der Waals surface area contributed by atoms with E-state index in [1.807, 2.05) is 75.3 Å². The van der Waals surface area contributed by atoms with E-state index >= 15 is 0 Å². The minimum atomic E-state index is -0.387. The fourth-order valence-electron chi connectivity index (χ4n) is 3.76. The zero-order valence-corrected chi connectivity index (χ0v) is 19.5. The maximum Gasteiger partial charge on any atom is 0.282 e. The second-order valence-corrected chi connectivity index (χ2v) is 8.26. The van der Waals surface area contributed by atoms with E-state index in [1.165, 1.54) is 4.90 Å². The van der Waals surface area contributed by atoms with Gasteiger partial charge in [-0.1, -0.05) is 18.2 Å². The van der Waals surface area contributed by atoms with Crippen molar-refractivity contribution in [3.8, 4) is 5.75 Å². The van der Waals surface area contributed by atoms with Crippen molar-refractivity contribution in [2.75, 3.05) is 36.3 Å². The van der Waals surface area contributed by atoms with Gasteiger partial charge >= 0.3 is 0 Å². The summed E-state index contributed by atoms with van der Waals surface area (Å²) in [6.45, 7) is 4.01.